The molecule has 3 nitrogen and oxygen atoms in total. The fraction of sp³-hybridized carbons (Fsp3) is 0.360. The first-order valence-corrected chi connectivity index (χ1v) is 9.94. The van der Waals surface area contributed by atoms with Gasteiger partial charge in [-0.25, -0.2) is 4.79 Å². The molecule has 0 saturated carbocycles. The zero-order valence-electron chi connectivity index (χ0n) is 17.7. The van der Waals surface area contributed by atoms with Gasteiger partial charge in [-0.1, -0.05) is 54.5 Å². The number of aryl methyl sites for hydroxylation is 2. The molecule has 0 bridgehead atoms. The Morgan fingerprint density at radius 2 is 1.82 bits per heavy atom. The average Bonchev–Trinajstić information content (AvgIpc) is 2.67. The highest BCUT2D eigenvalue weighted by Gasteiger charge is 2.16. The molecule has 0 saturated heterocycles. The van der Waals surface area contributed by atoms with E-state index in [1.807, 2.05) is 49.4 Å². The zero-order valence-corrected chi connectivity index (χ0v) is 17.7. The largest absolute Gasteiger partial charge is 0.458 e. The number of pyridine rings is 1. The Labute approximate surface area is 169 Å². The van der Waals surface area contributed by atoms with Gasteiger partial charge >= 0.3 is 5.97 Å². The molecule has 0 aliphatic carbocycles. The lowest BCUT2D eigenvalue weighted by Crippen LogP contribution is -2.10. The summed E-state index contributed by atoms with van der Waals surface area (Å²) in [6, 6.07) is 12.0. The van der Waals surface area contributed by atoms with E-state index in [2.05, 4.69) is 38.8 Å². The molecule has 0 radical (unpaired) electrons. The van der Waals surface area contributed by atoms with Gasteiger partial charge in [0, 0.05) is 11.3 Å². The van der Waals surface area contributed by atoms with Crippen molar-refractivity contribution >= 4 is 5.97 Å². The van der Waals surface area contributed by atoms with Crippen molar-refractivity contribution in [3.8, 4) is 11.1 Å². The van der Waals surface area contributed by atoms with E-state index in [9.17, 15) is 4.79 Å². The predicted molar refractivity (Wildman–Crippen MR) is 116 cm³/mol. The number of rotatable bonds is 8. The van der Waals surface area contributed by atoms with Crippen molar-refractivity contribution in [2.75, 3.05) is 6.61 Å². The molecule has 0 atom stereocenters. The molecule has 2 aromatic rings. The summed E-state index contributed by atoms with van der Waals surface area (Å²) in [6.45, 7) is 10.5. The summed E-state index contributed by atoms with van der Waals surface area (Å²) in [4.78, 5) is 17.3. The van der Waals surface area contributed by atoms with Crippen LogP contribution in [-0.4, -0.2) is 17.6 Å². The van der Waals surface area contributed by atoms with Crippen molar-refractivity contribution < 1.29 is 9.53 Å². The van der Waals surface area contributed by atoms with Gasteiger partial charge in [-0.2, -0.15) is 0 Å². The number of allylic oxidation sites excluding steroid dienone is 3. The monoisotopic (exact) mass is 377 g/mol. The smallest absolute Gasteiger partial charge is 0.340 e. The molecule has 0 aliphatic rings. The second kappa shape index (κ2) is 10.6. The standard InChI is InChI=1S/C25H31NO2/c1-6-24-23(21-13-8-7-9-14-21)17-22(20(5)26-24)25(27)28-16-15-19(4)12-10-11-18(2)3/h7-9,11,13-15,17H,6,10,12,16H2,1-5H3/b19-15+. The van der Waals surface area contributed by atoms with Crippen molar-refractivity contribution in [3.63, 3.8) is 0 Å². The normalized spacial score (nSPS) is 11.2. The van der Waals surface area contributed by atoms with Crippen LogP contribution < -0.4 is 0 Å². The molecule has 1 heterocycles. The van der Waals surface area contributed by atoms with Gasteiger partial charge in [-0.05, 0) is 64.7 Å². The number of esters is 1. The van der Waals surface area contributed by atoms with Gasteiger partial charge in [0.25, 0.3) is 0 Å². The zero-order chi connectivity index (χ0) is 20.5. The van der Waals surface area contributed by atoms with Gasteiger partial charge < -0.3 is 4.74 Å². The van der Waals surface area contributed by atoms with E-state index in [0.29, 0.717) is 11.3 Å². The summed E-state index contributed by atoms with van der Waals surface area (Å²) < 4.78 is 5.50. The first-order chi connectivity index (χ1) is 13.4. The van der Waals surface area contributed by atoms with E-state index >= 15 is 0 Å². The highest BCUT2D eigenvalue weighted by atomic mass is 16.5. The Hall–Kier alpha value is -2.68. The van der Waals surface area contributed by atoms with Gasteiger partial charge in [0.1, 0.15) is 6.61 Å². The van der Waals surface area contributed by atoms with Crippen LogP contribution in [0.2, 0.25) is 0 Å². The molecule has 0 spiro atoms. The number of aromatic nitrogens is 1. The summed E-state index contributed by atoms with van der Waals surface area (Å²) in [5.41, 5.74) is 6.86. The molecule has 1 aromatic carbocycles. The van der Waals surface area contributed by atoms with Crippen molar-refractivity contribution in [3.05, 3.63) is 76.6 Å². The van der Waals surface area contributed by atoms with Crippen molar-refractivity contribution in [2.45, 2.75) is 53.9 Å². The van der Waals surface area contributed by atoms with E-state index in [1.54, 1.807) is 0 Å². The number of nitrogens with zero attached hydrogens (tertiary/aromatic N) is 1. The molecule has 3 heteroatoms. The van der Waals surface area contributed by atoms with Crippen LogP contribution in [0.3, 0.4) is 0 Å². The third kappa shape index (κ3) is 6.19. The van der Waals surface area contributed by atoms with Crippen molar-refractivity contribution in [1.29, 1.82) is 0 Å². The van der Waals surface area contributed by atoms with Gasteiger partial charge in [0.15, 0.2) is 0 Å². The number of ether oxygens (including phenoxy) is 1. The number of carbonyl (C=O) groups excluding carboxylic acids is 1. The molecule has 0 N–H and O–H groups in total. The van der Waals surface area contributed by atoms with Gasteiger partial charge in [0.2, 0.25) is 0 Å². The van der Waals surface area contributed by atoms with E-state index < -0.39 is 0 Å². The molecule has 0 unspecified atom stereocenters. The molecule has 148 valence electrons. The van der Waals surface area contributed by atoms with E-state index in [1.165, 1.54) is 11.1 Å². The molecule has 0 fully saturated rings. The Kier molecular flexibility index (Phi) is 8.19. The minimum atomic E-state index is -0.321. The maximum Gasteiger partial charge on any atom is 0.340 e. The Balaban J connectivity index is 2.12. The average molecular weight is 378 g/mol. The number of hydrogen-bond donors (Lipinski definition) is 0. The Morgan fingerprint density at radius 3 is 2.46 bits per heavy atom. The predicted octanol–water partition coefficient (Wildman–Crippen LogP) is 6.47. The number of carbonyl (C=O) groups is 1. The summed E-state index contributed by atoms with van der Waals surface area (Å²) in [7, 11) is 0. The highest BCUT2D eigenvalue weighted by Crippen LogP contribution is 2.26. The quantitative estimate of drug-likeness (QED) is 0.391. The van der Waals surface area contributed by atoms with Crippen LogP contribution in [0, 0.1) is 6.92 Å². The van der Waals surface area contributed by atoms with E-state index in [0.717, 1.165) is 36.1 Å². The molecule has 28 heavy (non-hydrogen) atoms. The topological polar surface area (TPSA) is 39.2 Å². The third-order valence-electron chi connectivity index (χ3n) is 4.67. The van der Waals surface area contributed by atoms with Crippen molar-refractivity contribution in [2.24, 2.45) is 0 Å². The maximum absolute atomic E-state index is 12.6. The van der Waals surface area contributed by atoms with Crippen LogP contribution in [0.1, 0.15) is 62.3 Å². The fourth-order valence-corrected chi connectivity index (χ4v) is 3.03. The molecule has 0 amide bonds. The summed E-state index contributed by atoms with van der Waals surface area (Å²) in [5, 5.41) is 0. The number of benzene rings is 1. The van der Waals surface area contributed by atoms with E-state index in [-0.39, 0.29) is 12.6 Å². The second-order valence-corrected chi connectivity index (χ2v) is 7.30. The van der Waals surface area contributed by atoms with Gasteiger partial charge in [-0.15, -0.1) is 0 Å². The summed E-state index contributed by atoms with van der Waals surface area (Å²) in [5.74, 6) is -0.321. The first kappa shape index (κ1) is 21.6. The highest BCUT2D eigenvalue weighted by molar-refractivity contribution is 5.92. The summed E-state index contributed by atoms with van der Waals surface area (Å²) >= 11 is 0. The van der Waals surface area contributed by atoms with Crippen LogP contribution >= 0.6 is 0 Å². The first-order valence-electron chi connectivity index (χ1n) is 9.94. The minimum absolute atomic E-state index is 0.287. The van der Waals surface area contributed by atoms with Gasteiger partial charge in [0.05, 0.1) is 11.3 Å². The summed E-state index contributed by atoms with van der Waals surface area (Å²) in [6.07, 6.45) is 7.01. The van der Waals surface area contributed by atoms with Crippen LogP contribution in [0.15, 0.2) is 59.7 Å². The molecular formula is C25H31NO2. The molecular weight excluding hydrogens is 346 g/mol. The third-order valence-corrected chi connectivity index (χ3v) is 4.67. The lowest BCUT2D eigenvalue weighted by atomic mass is 9.99. The minimum Gasteiger partial charge on any atom is -0.458 e. The second-order valence-electron chi connectivity index (χ2n) is 7.30. The lowest BCUT2D eigenvalue weighted by Gasteiger charge is -2.12. The maximum atomic E-state index is 12.6. The molecule has 2 rings (SSSR count). The van der Waals surface area contributed by atoms with Crippen LogP contribution in [0.25, 0.3) is 11.1 Å². The fourth-order valence-electron chi connectivity index (χ4n) is 3.03. The van der Waals surface area contributed by atoms with Crippen LogP contribution in [0.5, 0.6) is 0 Å². The SMILES string of the molecule is CCc1nc(C)c(C(=O)OC/C=C(\C)CCC=C(C)C)cc1-c1ccccc1. The number of hydrogen-bond acceptors (Lipinski definition) is 3. The Morgan fingerprint density at radius 1 is 1.11 bits per heavy atom. The Bertz CT molecular complexity index is 860. The molecule has 0 aliphatic heterocycles. The van der Waals surface area contributed by atoms with Gasteiger partial charge in [-0.3, -0.25) is 4.98 Å². The van der Waals surface area contributed by atoms with Crippen LogP contribution in [-0.2, 0) is 11.2 Å². The molecule has 1 aromatic heterocycles. The lowest BCUT2D eigenvalue weighted by molar-refractivity contribution is 0.0547. The van der Waals surface area contributed by atoms with Crippen molar-refractivity contribution in [1.82, 2.24) is 4.98 Å². The van der Waals surface area contributed by atoms with E-state index in [4.69, 9.17) is 4.74 Å². The van der Waals surface area contributed by atoms with Crippen LogP contribution in [0.4, 0.5) is 0 Å².